The highest BCUT2D eigenvalue weighted by atomic mass is 35.5. The van der Waals surface area contributed by atoms with Crippen LogP contribution < -0.4 is 5.32 Å². The lowest BCUT2D eigenvalue weighted by Crippen LogP contribution is -2.43. The Hall–Kier alpha value is -2.40. The van der Waals surface area contributed by atoms with E-state index < -0.39 is 11.8 Å². The Kier molecular flexibility index (Phi) is 5.71. The van der Waals surface area contributed by atoms with Crippen LogP contribution in [0, 0.1) is 0 Å². The number of halogens is 1. The van der Waals surface area contributed by atoms with Crippen molar-refractivity contribution in [3.8, 4) is 0 Å². The third-order valence-electron chi connectivity index (χ3n) is 3.24. The van der Waals surface area contributed by atoms with Gasteiger partial charge >= 0.3 is 11.8 Å². The molecule has 0 saturated carbocycles. The molecular weight excluding hydrogens is 314 g/mol. The van der Waals surface area contributed by atoms with Crippen LogP contribution in [0.25, 0.3) is 0 Å². The second-order valence-corrected chi connectivity index (χ2v) is 5.79. The number of pyridine rings is 1. The summed E-state index contributed by atoms with van der Waals surface area (Å²) in [6.07, 6.45) is 3.08. The molecule has 1 aromatic carbocycles. The molecule has 23 heavy (non-hydrogen) atoms. The molecule has 0 aliphatic heterocycles. The number of anilines is 1. The van der Waals surface area contributed by atoms with Crippen molar-refractivity contribution in [1.82, 2.24) is 9.88 Å². The van der Waals surface area contributed by atoms with Crippen LogP contribution in [0.1, 0.15) is 19.4 Å². The molecule has 0 fully saturated rings. The summed E-state index contributed by atoms with van der Waals surface area (Å²) in [5.41, 5.74) is 1.35. The van der Waals surface area contributed by atoms with Gasteiger partial charge in [-0.15, -0.1) is 0 Å². The fourth-order valence-electron chi connectivity index (χ4n) is 2.07. The Bertz CT molecular complexity index is 689. The Morgan fingerprint density at radius 3 is 2.65 bits per heavy atom. The zero-order valence-electron chi connectivity index (χ0n) is 13.0. The molecular formula is C17H18ClN3O2. The predicted molar refractivity (Wildman–Crippen MR) is 90.0 cm³/mol. The molecule has 5 nitrogen and oxygen atoms in total. The van der Waals surface area contributed by atoms with E-state index in [-0.39, 0.29) is 6.04 Å². The van der Waals surface area contributed by atoms with Gasteiger partial charge in [0.05, 0.1) is 11.9 Å². The van der Waals surface area contributed by atoms with Gasteiger partial charge < -0.3 is 10.2 Å². The zero-order chi connectivity index (χ0) is 16.8. The summed E-state index contributed by atoms with van der Waals surface area (Å²) in [5, 5.41) is 3.15. The molecule has 0 bridgehead atoms. The van der Waals surface area contributed by atoms with Crippen molar-refractivity contribution in [3.63, 3.8) is 0 Å². The van der Waals surface area contributed by atoms with Crippen molar-refractivity contribution in [2.24, 2.45) is 0 Å². The number of rotatable bonds is 4. The van der Waals surface area contributed by atoms with E-state index in [0.29, 0.717) is 17.3 Å². The lowest BCUT2D eigenvalue weighted by Gasteiger charge is -2.26. The lowest BCUT2D eigenvalue weighted by atomic mass is 10.2. The maximum atomic E-state index is 12.4. The summed E-state index contributed by atoms with van der Waals surface area (Å²) in [7, 11) is 0. The van der Waals surface area contributed by atoms with Crippen molar-refractivity contribution >= 4 is 29.1 Å². The minimum absolute atomic E-state index is 0.124. The fraction of sp³-hybridized carbons (Fsp3) is 0.235. The number of carbonyl (C=O) groups excluding carboxylic acids is 2. The number of carbonyl (C=O) groups is 2. The first kappa shape index (κ1) is 17.0. The molecule has 1 heterocycles. The molecule has 2 amide bonds. The smallest absolute Gasteiger partial charge is 0.313 e. The average Bonchev–Trinajstić information content (AvgIpc) is 2.52. The highest BCUT2D eigenvalue weighted by Crippen LogP contribution is 2.15. The van der Waals surface area contributed by atoms with Crippen LogP contribution in [0.2, 0.25) is 5.02 Å². The summed E-state index contributed by atoms with van der Waals surface area (Å²) in [4.78, 5) is 30.0. The SMILES string of the molecule is CC(C)N(Cc1cccc(Cl)c1)C(=O)C(=O)Nc1cccnc1. The molecule has 0 spiro atoms. The molecule has 0 saturated heterocycles. The van der Waals surface area contributed by atoms with Crippen LogP contribution in [0.4, 0.5) is 5.69 Å². The van der Waals surface area contributed by atoms with E-state index in [1.54, 1.807) is 30.5 Å². The third-order valence-corrected chi connectivity index (χ3v) is 3.47. The van der Waals surface area contributed by atoms with Gasteiger partial charge in [0.2, 0.25) is 0 Å². The van der Waals surface area contributed by atoms with E-state index in [0.717, 1.165) is 5.56 Å². The molecule has 120 valence electrons. The first-order valence-corrected chi connectivity index (χ1v) is 7.61. The Labute approximate surface area is 140 Å². The highest BCUT2D eigenvalue weighted by Gasteiger charge is 2.24. The Morgan fingerprint density at radius 1 is 1.26 bits per heavy atom. The maximum absolute atomic E-state index is 12.4. The minimum Gasteiger partial charge on any atom is -0.328 e. The van der Waals surface area contributed by atoms with E-state index in [9.17, 15) is 9.59 Å². The van der Waals surface area contributed by atoms with Gasteiger partial charge in [-0.1, -0.05) is 23.7 Å². The molecule has 6 heteroatoms. The molecule has 0 unspecified atom stereocenters. The highest BCUT2D eigenvalue weighted by molar-refractivity contribution is 6.39. The maximum Gasteiger partial charge on any atom is 0.313 e. The van der Waals surface area contributed by atoms with Crippen molar-refractivity contribution in [3.05, 3.63) is 59.4 Å². The molecule has 2 aromatic rings. The van der Waals surface area contributed by atoms with E-state index in [1.807, 2.05) is 26.0 Å². The standard InChI is InChI=1S/C17H18ClN3O2/c1-12(2)21(11-13-5-3-6-14(18)9-13)17(23)16(22)20-15-7-4-8-19-10-15/h3-10,12H,11H2,1-2H3,(H,20,22). The van der Waals surface area contributed by atoms with Crippen molar-refractivity contribution in [2.75, 3.05) is 5.32 Å². The van der Waals surface area contributed by atoms with E-state index in [4.69, 9.17) is 11.6 Å². The van der Waals surface area contributed by atoms with Gasteiger partial charge in [-0.25, -0.2) is 0 Å². The summed E-state index contributed by atoms with van der Waals surface area (Å²) < 4.78 is 0. The molecule has 0 aliphatic rings. The van der Waals surface area contributed by atoms with E-state index >= 15 is 0 Å². The molecule has 2 rings (SSSR count). The first-order chi connectivity index (χ1) is 11.0. The molecule has 1 N–H and O–H groups in total. The second kappa shape index (κ2) is 7.74. The van der Waals surface area contributed by atoms with Crippen LogP contribution in [-0.4, -0.2) is 27.7 Å². The number of amides is 2. The molecule has 1 aromatic heterocycles. The van der Waals surface area contributed by atoms with Crippen molar-refractivity contribution < 1.29 is 9.59 Å². The molecule has 0 atom stereocenters. The Morgan fingerprint density at radius 2 is 2.04 bits per heavy atom. The Balaban J connectivity index is 2.10. The van der Waals surface area contributed by atoms with Crippen molar-refractivity contribution in [1.29, 1.82) is 0 Å². The summed E-state index contributed by atoms with van der Waals surface area (Å²) in [5.74, 6) is -1.28. The number of benzene rings is 1. The van der Waals surface area contributed by atoms with Crippen LogP contribution in [0.3, 0.4) is 0 Å². The van der Waals surface area contributed by atoms with Gasteiger partial charge in [-0.05, 0) is 43.7 Å². The van der Waals surface area contributed by atoms with Crippen LogP contribution in [0.5, 0.6) is 0 Å². The van der Waals surface area contributed by atoms with Crippen LogP contribution >= 0.6 is 11.6 Å². The van der Waals surface area contributed by atoms with E-state index in [1.165, 1.54) is 11.1 Å². The molecule has 0 radical (unpaired) electrons. The number of nitrogens with zero attached hydrogens (tertiary/aromatic N) is 2. The zero-order valence-corrected chi connectivity index (χ0v) is 13.7. The van der Waals surface area contributed by atoms with Gasteiger partial charge in [-0.3, -0.25) is 14.6 Å². The van der Waals surface area contributed by atoms with Crippen molar-refractivity contribution in [2.45, 2.75) is 26.4 Å². The number of aromatic nitrogens is 1. The number of hydrogen-bond donors (Lipinski definition) is 1. The van der Waals surface area contributed by atoms with Gasteiger partial charge in [-0.2, -0.15) is 0 Å². The van der Waals surface area contributed by atoms with E-state index in [2.05, 4.69) is 10.3 Å². The third kappa shape index (κ3) is 4.79. The second-order valence-electron chi connectivity index (χ2n) is 5.35. The van der Waals surface area contributed by atoms with Gasteiger partial charge in [0, 0.05) is 23.8 Å². The van der Waals surface area contributed by atoms with Crippen LogP contribution in [-0.2, 0) is 16.1 Å². The quantitative estimate of drug-likeness (QED) is 0.876. The van der Waals surface area contributed by atoms with Gasteiger partial charge in [0.1, 0.15) is 0 Å². The predicted octanol–water partition coefficient (Wildman–Crippen LogP) is 3.11. The number of hydrogen-bond acceptors (Lipinski definition) is 3. The summed E-state index contributed by atoms with van der Waals surface area (Å²) in [6.45, 7) is 4.04. The summed E-state index contributed by atoms with van der Waals surface area (Å²) >= 11 is 5.97. The normalized spacial score (nSPS) is 10.4. The first-order valence-electron chi connectivity index (χ1n) is 7.24. The largest absolute Gasteiger partial charge is 0.328 e. The van der Waals surface area contributed by atoms with Gasteiger partial charge in [0.15, 0.2) is 0 Å². The number of nitrogens with one attached hydrogen (secondary N) is 1. The van der Waals surface area contributed by atoms with Gasteiger partial charge in [0.25, 0.3) is 0 Å². The molecule has 0 aliphatic carbocycles. The lowest BCUT2D eigenvalue weighted by molar-refractivity contribution is -0.144. The monoisotopic (exact) mass is 331 g/mol. The van der Waals surface area contributed by atoms with Crippen LogP contribution in [0.15, 0.2) is 48.8 Å². The summed E-state index contributed by atoms with van der Waals surface area (Å²) in [6, 6.07) is 10.5. The minimum atomic E-state index is -0.686. The fourth-order valence-corrected chi connectivity index (χ4v) is 2.29. The topological polar surface area (TPSA) is 62.3 Å². The average molecular weight is 332 g/mol.